The number of hydrogen-bond acceptors (Lipinski definition) is 5. The third-order valence-corrected chi connectivity index (χ3v) is 4.60. The number of aromatic nitrogens is 2. The van der Waals surface area contributed by atoms with Crippen LogP contribution in [0, 0.1) is 0 Å². The van der Waals surface area contributed by atoms with E-state index in [9.17, 15) is 0 Å². The molecule has 0 bridgehead atoms. The van der Waals surface area contributed by atoms with Crippen molar-refractivity contribution in [3.63, 3.8) is 0 Å². The van der Waals surface area contributed by atoms with Gasteiger partial charge in [0.1, 0.15) is 11.6 Å². The van der Waals surface area contributed by atoms with Crippen LogP contribution in [0.15, 0.2) is 42.5 Å². The van der Waals surface area contributed by atoms with Crippen LogP contribution in [-0.2, 0) is 0 Å². The van der Waals surface area contributed by atoms with E-state index in [1.807, 2.05) is 37.4 Å². The van der Waals surface area contributed by atoms with Crippen molar-refractivity contribution in [2.45, 2.75) is 18.8 Å². The summed E-state index contributed by atoms with van der Waals surface area (Å²) in [4.78, 5) is 11.7. The molecule has 1 aromatic heterocycles. The Morgan fingerprint density at radius 3 is 2.71 bits per heavy atom. The molecule has 0 amide bonds. The van der Waals surface area contributed by atoms with E-state index in [-0.39, 0.29) is 6.79 Å². The first-order chi connectivity index (χ1) is 11.8. The molecule has 1 aliphatic heterocycles. The Labute approximate surface area is 139 Å². The minimum Gasteiger partial charge on any atom is -0.454 e. The van der Waals surface area contributed by atoms with E-state index in [2.05, 4.69) is 17.0 Å². The van der Waals surface area contributed by atoms with Crippen LogP contribution < -0.4 is 14.4 Å². The van der Waals surface area contributed by atoms with E-state index >= 15 is 0 Å². The van der Waals surface area contributed by atoms with E-state index < -0.39 is 0 Å². The van der Waals surface area contributed by atoms with Gasteiger partial charge in [-0.05, 0) is 37.1 Å². The normalized spacial score (nSPS) is 15.7. The summed E-state index contributed by atoms with van der Waals surface area (Å²) in [6.45, 7) is 0.283. The Bertz CT molecular complexity index is 937. The zero-order valence-corrected chi connectivity index (χ0v) is 13.4. The molecule has 1 aliphatic carbocycles. The van der Waals surface area contributed by atoms with Crippen LogP contribution in [0.1, 0.15) is 24.6 Å². The molecule has 24 heavy (non-hydrogen) atoms. The van der Waals surface area contributed by atoms with Gasteiger partial charge in [0.15, 0.2) is 11.5 Å². The summed E-state index contributed by atoms with van der Waals surface area (Å²) in [7, 11) is 2.03. The number of ether oxygens (including phenoxy) is 2. The van der Waals surface area contributed by atoms with E-state index in [0.717, 1.165) is 39.7 Å². The Kier molecular flexibility index (Phi) is 2.89. The largest absolute Gasteiger partial charge is 0.454 e. The van der Waals surface area contributed by atoms with Gasteiger partial charge in [0.25, 0.3) is 0 Å². The summed E-state index contributed by atoms with van der Waals surface area (Å²) in [5.74, 6) is 3.97. The fourth-order valence-electron chi connectivity index (χ4n) is 3.07. The van der Waals surface area contributed by atoms with Crippen LogP contribution >= 0.6 is 0 Å². The highest BCUT2D eigenvalue weighted by Crippen LogP contribution is 2.41. The number of anilines is 2. The summed E-state index contributed by atoms with van der Waals surface area (Å²) in [6.07, 6.45) is 2.37. The van der Waals surface area contributed by atoms with Gasteiger partial charge in [-0.2, -0.15) is 0 Å². The minimum atomic E-state index is 0.283. The van der Waals surface area contributed by atoms with E-state index in [1.54, 1.807) is 0 Å². The molecular formula is C19H17N3O2. The van der Waals surface area contributed by atoms with Crippen LogP contribution in [0.4, 0.5) is 11.5 Å². The molecule has 2 aromatic carbocycles. The number of nitrogens with zero attached hydrogens (tertiary/aromatic N) is 3. The van der Waals surface area contributed by atoms with Crippen molar-refractivity contribution < 1.29 is 9.47 Å². The van der Waals surface area contributed by atoms with Crippen molar-refractivity contribution in [3.8, 4) is 11.5 Å². The van der Waals surface area contributed by atoms with Gasteiger partial charge in [-0.1, -0.05) is 12.1 Å². The highest BCUT2D eigenvalue weighted by Gasteiger charge is 2.28. The van der Waals surface area contributed by atoms with E-state index in [4.69, 9.17) is 19.4 Å². The van der Waals surface area contributed by atoms with Crippen LogP contribution in [0.2, 0.25) is 0 Å². The lowest BCUT2D eigenvalue weighted by Gasteiger charge is -2.21. The Hall–Kier alpha value is -2.82. The Balaban J connectivity index is 1.64. The predicted molar refractivity (Wildman–Crippen MR) is 92.1 cm³/mol. The molecule has 1 fully saturated rings. The zero-order valence-electron chi connectivity index (χ0n) is 13.4. The minimum absolute atomic E-state index is 0.283. The molecule has 1 saturated carbocycles. The highest BCUT2D eigenvalue weighted by atomic mass is 16.7. The molecule has 0 N–H and O–H groups in total. The fourth-order valence-corrected chi connectivity index (χ4v) is 3.07. The number of rotatable bonds is 3. The van der Waals surface area contributed by atoms with Crippen molar-refractivity contribution in [1.29, 1.82) is 0 Å². The monoisotopic (exact) mass is 319 g/mol. The molecule has 120 valence electrons. The second-order valence-electron chi connectivity index (χ2n) is 6.29. The van der Waals surface area contributed by atoms with Crippen molar-refractivity contribution in [2.24, 2.45) is 0 Å². The van der Waals surface area contributed by atoms with Gasteiger partial charge in [0.05, 0.1) is 5.52 Å². The van der Waals surface area contributed by atoms with Gasteiger partial charge >= 0.3 is 0 Å². The van der Waals surface area contributed by atoms with Gasteiger partial charge in [0, 0.05) is 30.1 Å². The second kappa shape index (κ2) is 5.09. The number of benzene rings is 2. The van der Waals surface area contributed by atoms with Crippen molar-refractivity contribution >= 4 is 22.4 Å². The molecule has 5 nitrogen and oxygen atoms in total. The third kappa shape index (κ3) is 2.16. The second-order valence-corrected chi connectivity index (χ2v) is 6.29. The number of fused-ring (bicyclic) bond motifs is 2. The average Bonchev–Trinajstić information content (AvgIpc) is 3.37. The van der Waals surface area contributed by atoms with E-state index in [1.165, 1.54) is 12.8 Å². The fraction of sp³-hybridized carbons (Fsp3) is 0.263. The van der Waals surface area contributed by atoms with Crippen molar-refractivity contribution in [3.05, 3.63) is 48.3 Å². The molecule has 0 unspecified atom stereocenters. The lowest BCUT2D eigenvalue weighted by atomic mass is 10.2. The molecule has 5 heteroatoms. The van der Waals surface area contributed by atoms with Crippen molar-refractivity contribution in [1.82, 2.24) is 9.97 Å². The standard InChI is InChI=1S/C19H17N3O2/c1-22(13-8-9-16-17(10-13)24-11-23-16)19-14-4-2-3-5-15(14)20-18(21-19)12-6-7-12/h2-5,8-10,12H,6-7,11H2,1H3. The van der Waals surface area contributed by atoms with Crippen LogP contribution in [0.3, 0.4) is 0 Å². The molecular weight excluding hydrogens is 302 g/mol. The van der Waals surface area contributed by atoms with Gasteiger partial charge in [-0.15, -0.1) is 0 Å². The first kappa shape index (κ1) is 13.6. The summed E-state index contributed by atoms with van der Waals surface area (Å²) in [5, 5.41) is 1.06. The quantitative estimate of drug-likeness (QED) is 0.730. The maximum absolute atomic E-state index is 5.50. The lowest BCUT2D eigenvalue weighted by Crippen LogP contribution is -2.13. The van der Waals surface area contributed by atoms with Gasteiger partial charge in [0.2, 0.25) is 6.79 Å². The van der Waals surface area contributed by atoms with E-state index in [0.29, 0.717) is 5.92 Å². The number of hydrogen-bond donors (Lipinski definition) is 0. The molecule has 2 aliphatic rings. The molecule has 0 spiro atoms. The summed E-state index contributed by atoms with van der Waals surface area (Å²) in [5.41, 5.74) is 2.02. The smallest absolute Gasteiger partial charge is 0.231 e. The molecule has 5 rings (SSSR count). The molecule has 2 heterocycles. The SMILES string of the molecule is CN(c1ccc2c(c1)OCO2)c1nc(C2CC2)nc2ccccc12. The maximum Gasteiger partial charge on any atom is 0.231 e. The molecule has 0 radical (unpaired) electrons. The molecule has 0 atom stereocenters. The summed E-state index contributed by atoms with van der Waals surface area (Å²) >= 11 is 0. The Morgan fingerprint density at radius 2 is 1.83 bits per heavy atom. The van der Waals surface area contributed by atoms with Gasteiger partial charge in [-0.25, -0.2) is 9.97 Å². The lowest BCUT2D eigenvalue weighted by molar-refractivity contribution is 0.174. The number of para-hydroxylation sites is 1. The first-order valence-electron chi connectivity index (χ1n) is 8.20. The Morgan fingerprint density at radius 1 is 1.00 bits per heavy atom. The van der Waals surface area contributed by atoms with Crippen LogP contribution in [0.5, 0.6) is 11.5 Å². The molecule has 0 saturated heterocycles. The van der Waals surface area contributed by atoms with Crippen LogP contribution in [-0.4, -0.2) is 23.8 Å². The zero-order chi connectivity index (χ0) is 16.1. The summed E-state index contributed by atoms with van der Waals surface area (Å²) in [6, 6.07) is 14.1. The molecule has 3 aromatic rings. The summed E-state index contributed by atoms with van der Waals surface area (Å²) < 4.78 is 10.9. The third-order valence-electron chi connectivity index (χ3n) is 4.60. The van der Waals surface area contributed by atoms with Crippen LogP contribution in [0.25, 0.3) is 10.9 Å². The highest BCUT2D eigenvalue weighted by molar-refractivity contribution is 5.91. The average molecular weight is 319 g/mol. The predicted octanol–water partition coefficient (Wildman–Crippen LogP) is 4.00. The van der Waals surface area contributed by atoms with Gasteiger partial charge in [-0.3, -0.25) is 0 Å². The van der Waals surface area contributed by atoms with Gasteiger partial charge < -0.3 is 14.4 Å². The first-order valence-corrected chi connectivity index (χ1v) is 8.20. The maximum atomic E-state index is 5.50. The van der Waals surface area contributed by atoms with Crippen molar-refractivity contribution in [2.75, 3.05) is 18.7 Å². The topological polar surface area (TPSA) is 47.5 Å².